The van der Waals surface area contributed by atoms with Crippen molar-refractivity contribution in [3.63, 3.8) is 0 Å². The highest BCUT2D eigenvalue weighted by molar-refractivity contribution is 5.85. The molecule has 0 radical (unpaired) electrons. The van der Waals surface area contributed by atoms with Crippen molar-refractivity contribution in [1.29, 1.82) is 0 Å². The maximum atomic E-state index is 5.68. The number of rotatable bonds is 2. The van der Waals surface area contributed by atoms with Crippen LogP contribution in [0.15, 0.2) is 42.7 Å². The minimum atomic E-state index is 0. The van der Waals surface area contributed by atoms with Crippen molar-refractivity contribution in [2.24, 2.45) is 5.73 Å². The molecule has 2 rings (SSSR count). The van der Waals surface area contributed by atoms with Gasteiger partial charge >= 0.3 is 0 Å². The van der Waals surface area contributed by atoms with Gasteiger partial charge in [0.1, 0.15) is 0 Å². The predicted molar refractivity (Wildman–Crippen MR) is 76.8 cm³/mol. The minimum absolute atomic E-state index is 0. The molecule has 0 aliphatic rings. The highest BCUT2D eigenvalue weighted by atomic mass is 35.5. The van der Waals surface area contributed by atoms with Crippen LogP contribution >= 0.6 is 24.8 Å². The summed E-state index contributed by atoms with van der Waals surface area (Å²) in [4.78, 5) is 4.08. The van der Waals surface area contributed by atoms with Crippen LogP contribution in [0.2, 0.25) is 0 Å². The van der Waals surface area contributed by atoms with E-state index in [1.807, 2.05) is 12.3 Å². The molecule has 0 bridgehead atoms. The average molecular weight is 271 g/mol. The Morgan fingerprint density at radius 3 is 2.29 bits per heavy atom. The fourth-order valence-corrected chi connectivity index (χ4v) is 1.60. The van der Waals surface area contributed by atoms with E-state index < -0.39 is 0 Å². The molecule has 2 aromatic rings. The van der Waals surface area contributed by atoms with Gasteiger partial charge in [0.15, 0.2) is 0 Å². The summed E-state index contributed by atoms with van der Waals surface area (Å²) in [5.41, 5.74) is 10.4. The molecule has 1 aromatic carbocycles. The second-order valence-electron chi connectivity index (χ2n) is 3.60. The third kappa shape index (κ3) is 3.70. The van der Waals surface area contributed by atoms with Crippen LogP contribution in [-0.4, -0.2) is 4.98 Å². The van der Waals surface area contributed by atoms with Crippen molar-refractivity contribution in [2.75, 3.05) is 0 Å². The number of nitrogens with zero attached hydrogens (tertiary/aromatic N) is 1. The molecule has 0 aliphatic carbocycles. The van der Waals surface area contributed by atoms with Crippen molar-refractivity contribution < 1.29 is 0 Å². The summed E-state index contributed by atoms with van der Waals surface area (Å²) in [6, 6.07) is 10.5. The Balaban J connectivity index is 0.00000128. The molecule has 92 valence electrons. The van der Waals surface area contributed by atoms with Gasteiger partial charge in [-0.3, -0.25) is 4.98 Å². The second kappa shape index (κ2) is 7.28. The molecule has 1 aromatic heterocycles. The van der Waals surface area contributed by atoms with E-state index in [9.17, 15) is 0 Å². The van der Waals surface area contributed by atoms with E-state index in [0.717, 1.165) is 5.56 Å². The zero-order valence-corrected chi connectivity index (χ0v) is 11.2. The van der Waals surface area contributed by atoms with Crippen LogP contribution in [0, 0.1) is 6.92 Å². The molecule has 0 saturated heterocycles. The normalized spacial score (nSPS) is 9.06. The second-order valence-corrected chi connectivity index (χ2v) is 3.60. The Bertz CT molecular complexity index is 455. The summed E-state index contributed by atoms with van der Waals surface area (Å²) >= 11 is 0. The summed E-state index contributed by atoms with van der Waals surface area (Å²) in [7, 11) is 0. The lowest BCUT2D eigenvalue weighted by atomic mass is 10.0. The Hall–Kier alpha value is -1.09. The van der Waals surface area contributed by atoms with Gasteiger partial charge in [0, 0.05) is 18.9 Å². The van der Waals surface area contributed by atoms with Gasteiger partial charge in [-0.25, -0.2) is 0 Å². The van der Waals surface area contributed by atoms with Crippen molar-refractivity contribution >= 4 is 24.8 Å². The van der Waals surface area contributed by atoms with Crippen LogP contribution < -0.4 is 5.73 Å². The molecule has 0 saturated carbocycles. The highest BCUT2D eigenvalue weighted by Crippen LogP contribution is 2.22. The summed E-state index contributed by atoms with van der Waals surface area (Å²) in [5.74, 6) is 0. The average Bonchev–Trinajstić information content (AvgIpc) is 2.30. The summed E-state index contributed by atoms with van der Waals surface area (Å²) in [5, 5.41) is 0. The number of halogens is 2. The van der Waals surface area contributed by atoms with Crippen LogP contribution in [0.5, 0.6) is 0 Å². The van der Waals surface area contributed by atoms with E-state index in [1.165, 1.54) is 16.7 Å². The topological polar surface area (TPSA) is 38.9 Å². The summed E-state index contributed by atoms with van der Waals surface area (Å²) in [6.45, 7) is 2.61. The van der Waals surface area contributed by atoms with Gasteiger partial charge < -0.3 is 5.73 Å². The first-order valence-electron chi connectivity index (χ1n) is 5.01. The lowest BCUT2D eigenvalue weighted by molar-refractivity contribution is 1.05. The molecule has 0 atom stereocenters. The molecule has 0 amide bonds. The van der Waals surface area contributed by atoms with Gasteiger partial charge in [0.05, 0.1) is 0 Å². The van der Waals surface area contributed by atoms with Crippen LogP contribution in [0.1, 0.15) is 11.1 Å². The number of nitrogens with two attached hydrogens (primary N) is 1. The van der Waals surface area contributed by atoms with Crippen LogP contribution in [0.25, 0.3) is 11.1 Å². The third-order valence-corrected chi connectivity index (χ3v) is 2.49. The Morgan fingerprint density at radius 2 is 1.71 bits per heavy atom. The van der Waals surface area contributed by atoms with Gasteiger partial charge in [-0.1, -0.05) is 29.8 Å². The maximum absolute atomic E-state index is 5.68. The highest BCUT2D eigenvalue weighted by Gasteiger charge is 2.02. The molecule has 1 heterocycles. The van der Waals surface area contributed by atoms with E-state index in [0.29, 0.717) is 6.54 Å². The van der Waals surface area contributed by atoms with Crippen LogP contribution in [-0.2, 0) is 6.54 Å². The molecule has 17 heavy (non-hydrogen) atoms. The number of hydrogen-bond acceptors (Lipinski definition) is 2. The predicted octanol–water partition coefficient (Wildman–Crippen LogP) is 3.36. The van der Waals surface area contributed by atoms with E-state index in [2.05, 4.69) is 36.2 Å². The molecule has 0 spiro atoms. The fraction of sp³-hybridized carbons (Fsp3) is 0.154. The summed E-state index contributed by atoms with van der Waals surface area (Å²) in [6.07, 6.45) is 3.63. The molecule has 2 nitrogen and oxygen atoms in total. The Kier molecular flexibility index (Phi) is 6.81. The number of benzene rings is 1. The van der Waals surface area contributed by atoms with Crippen molar-refractivity contribution in [3.05, 3.63) is 53.9 Å². The quantitative estimate of drug-likeness (QED) is 0.909. The van der Waals surface area contributed by atoms with Crippen LogP contribution in [0.3, 0.4) is 0 Å². The number of aryl methyl sites for hydroxylation is 1. The SMILES string of the molecule is Cc1ccc(-c2ccncc2CN)cc1.Cl.Cl. The molecule has 2 N–H and O–H groups in total. The van der Waals surface area contributed by atoms with Gasteiger partial charge in [-0.15, -0.1) is 24.8 Å². The molecule has 0 fully saturated rings. The fourth-order valence-electron chi connectivity index (χ4n) is 1.60. The van der Waals surface area contributed by atoms with Crippen molar-refractivity contribution in [3.8, 4) is 11.1 Å². The largest absolute Gasteiger partial charge is 0.326 e. The molecular formula is C13H16Cl2N2. The zero-order chi connectivity index (χ0) is 10.7. The molecular weight excluding hydrogens is 255 g/mol. The van der Waals surface area contributed by atoms with Crippen molar-refractivity contribution in [1.82, 2.24) is 4.98 Å². The first kappa shape index (κ1) is 15.9. The lowest BCUT2D eigenvalue weighted by Gasteiger charge is -2.07. The van der Waals surface area contributed by atoms with E-state index in [1.54, 1.807) is 6.20 Å². The van der Waals surface area contributed by atoms with E-state index in [-0.39, 0.29) is 24.8 Å². The Labute approximate surface area is 114 Å². The summed E-state index contributed by atoms with van der Waals surface area (Å²) < 4.78 is 0. The molecule has 4 heteroatoms. The lowest BCUT2D eigenvalue weighted by Crippen LogP contribution is -1.99. The number of pyridine rings is 1. The third-order valence-electron chi connectivity index (χ3n) is 2.49. The molecule has 0 aliphatic heterocycles. The standard InChI is InChI=1S/C13H14N2.2ClH/c1-10-2-4-11(5-3-10)13-6-7-15-9-12(13)8-14;;/h2-7,9H,8,14H2,1H3;2*1H. The van der Waals surface area contributed by atoms with E-state index in [4.69, 9.17) is 5.73 Å². The van der Waals surface area contributed by atoms with Gasteiger partial charge in [-0.2, -0.15) is 0 Å². The van der Waals surface area contributed by atoms with Gasteiger partial charge in [-0.05, 0) is 29.7 Å². The van der Waals surface area contributed by atoms with Gasteiger partial charge in [0.2, 0.25) is 0 Å². The first-order chi connectivity index (χ1) is 7.31. The van der Waals surface area contributed by atoms with E-state index >= 15 is 0 Å². The monoisotopic (exact) mass is 270 g/mol. The number of hydrogen-bond donors (Lipinski definition) is 1. The first-order valence-corrected chi connectivity index (χ1v) is 5.01. The molecule has 0 unspecified atom stereocenters. The maximum Gasteiger partial charge on any atom is 0.0318 e. The Morgan fingerprint density at radius 1 is 1.06 bits per heavy atom. The van der Waals surface area contributed by atoms with Crippen molar-refractivity contribution in [2.45, 2.75) is 13.5 Å². The minimum Gasteiger partial charge on any atom is -0.326 e. The van der Waals surface area contributed by atoms with Gasteiger partial charge in [0.25, 0.3) is 0 Å². The smallest absolute Gasteiger partial charge is 0.0318 e. The number of aromatic nitrogens is 1. The zero-order valence-electron chi connectivity index (χ0n) is 9.59. The van der Waals surface area contributed by atoms with Crippen LogP contribution in [0.4, 0.5) is 0 Å².